The van der Waals surface area contributed by atoms with E-state index in [4.69, 9.17) is 10.00 Å². The number of pyridine rings is 2. The van der Waals surface area contributed by atoms with Crippen LogP contribution in [0.2, 0.25) is 0 Å². The number of nitrogens with zero attached hydrogens (tertiary/aromatic N) is 3. The van der Waals surface area contributed by atoms with Gasteiger partial charge in [-0.3, -0.25) is 4.79 Å². The molecule has 1 amide bonds. The summed E-state index contributed by atoms with van der Waals surface area (Å²) in [5.41, 5.74) is 0.206. The SMILES string of the molecule is COc1ncc(C#N)cc1CNC(=O)c1ccc(OC(F)F)nc1F. The van der Waals surface area contributed by atoms with E-state index in [-0.39, 0.29) is 18.0 Å². The molecule has 0 atom stereocenters. The van der Waals surface area contributed by atoms with Crippen molar-refractivity contribution >= 4 is 5.91 Å². The predicted molar refractivity (Wildman–Crippen MR) is 77.5 cm³/mol. The number of ether oxygens (including phenoxy) is 2. The van der Waals surface area contributed by atoms with Crippen molar-refractivity contribution in [2.75, 3.05) is 7.11 Å². The molecule has 25 heavy (non-hydrogen) atoms. The minimum atomic E-state index is -3.15. The monoisotopic (exact) mass is 352 g/mol. The number of carbonyl (C=O) groups excluding carboxylic acids is 1. The Morgan fingerprint density at radius 1 is 1.44 bits per heavy atom. The third-order valence-corrected chi connectivity index (χ3v) is 2.96. The van der Waals surface area contributed by atoms with E-state index in [0.717, 1.165) is 12.1 Å². The summed E-state index contributed by atoms with van der Waals surface area (Å²) >= 11 is 0. The molecule has 2 aromatic heterocycles. The van der Waals surface area contributed by atoms with Crippen LogP contribution in [0.25, 0.3) is 0 Å². The lowest BCUT2D eigenvalue weighted by molar-refractivity contribution is -0.0532. The average molecular weight is 352 g/mol. The highest BCUT2D eigenvalue weighted by atomic mass is 19.3. The Morgan fingerprint density at radius 3 is 2.80 bits per heavy atom. The number of rotatable bonds is 6. The standard InChI is InChI=1S/C15H11F3N4O3/c1-24-14-9(4-8(5-19)6-21-14)7-20-13(23)10-2-3-11(22-12(10)16)25-15(17)18/h2-4,6,15H,7H2,1H3,(H,20,23). The first kappa shape index (κ1) is 18.0. The first-order valence-electron chi connectivity index (χ1n) is 6.77. The van der Waals surface area contributed by atoms with Crippen LogP contribution in [-0.2, 0) is 6.54 Å². The van der Waals surface area contributed by atoms with Crippen molar-refractivity contribution in [3.8, 4) is 17.8 Å². The second-order valence-electron chi connectivity index (χ2n) is 4.55. The number of alkyl halides is 2. The third kappa shape index (κ3) is 4.57. The van der Waals surface area contributed by atoms with Gasteiger partial charge in [0.15, 0.2) is 0 Å². The number of methoxy groups -OCH3 is 1. The maximum Gasteiger partial charge on any atom is 0.388 e. The van der Waals surface area contributed by atoms with Gasteiger partial charge in [-0.2, -0.15) is 23.4 Å². The molecule has 0 spiro atoms. The highest BCUT2D eigenvalue weighted by Gasteiger charge is 2.16. The van der Waals surface area contributed by atoms with Gasteiger partial charge in [0, 0.05) is 24.4 Å². The van der Waals surface area contributed by atoms with Crippen LogP contribution in [0.4, 0.5) is 13.2 Å². The fourth-order valence-corrected chi connectivity index (χ4v) is 1.88. The summed E-state index contributed by atoms with van der Waals surface area (Å²) in [5.74, 6) is -2.54. The van der Waals surface area contributed by atoms with E-state index < -0.39 is 29.9 Å². The van der Waals surface area contributed by atoms with E-state index in [1.54, 1.807) is 0 Å². The maximum absolute atomic E-state index is 13.8. The van der Waals surface area contributed by atoms with E-state index in [2.05, 4.69) is 20.0 Å². The molecule has 7 nitrogen and oxygen atoms in total. The van der Waals surface area contributed by atoms with Crippen molar-refractivity contribution < 1.29 is 27.4 Å². The van der Waals surface area contributed by atoms with Crippen molar-refractivity contribution in [1.29, 1.82) is 5.26 Å². The second-order valence-corrected chi connectivity index (χ2v) is 4.55. The second kappa shape index (κ2) is 7.96. The normalized spacial score (nSPS) is 10.2. The first-order chi connectivity index (χ1) is 11.9. The molecule has 2 aromatic rings. The van der Waals surface area contributed by atoms with Crippen LogP contribution in [-0.4, -0.2) is 29.6 Å². The first-order valence-corrected chi connectivity index (χ1v) is 6.77. The fourth-order valence-electron chi connectivity index (χ4n) is 1.88. The van der Waals surface area contributed by atoms with E-state index in [0.29, 0.717) is 5.56 Å². The van der Waals surface area contributed by atoms with Crippen LogP contribution < -0.4 is 14.8 Å². The van der Waals surface area contributed by atoms with Crippen molar-refractivity contribution in [3.05, 3.63) is 47.0 Å². The van der Waals surface area contributed by atoms with Crippen molar-refractivity contribution in [1.82, 2.24) is 15.3 Å². The van der Waals surface area contributed by atoms with Crippen LogP contribution in [0.1, 0.15) is 21.5 Å². The third-order valence-electron chi connectivity index (χ3n) is 2.96. The minimum Gasteiger partial charge on any atom is -0.481 e. The Kier molecular flexibility index (Phi) is 5.73. The summed E-state index contributed by atoms with van der Waals surface area (Å²) in [6, 6.07) is 5.27. The number of hydrogen-bond donors (Lipinski definition) is 1. The van der Waals surface area contributed by atoms with Gasteiger partial charge in [-0.25, -0.2) is 4.98 Å². The Morgan fingerprint density at radius 2 is 2.20 bits per heavy atom. The Balaban J connectivity index is 2.12. The molecule has 0 aliphatic rings. The van der Waals surface area contributed by atoms with Gasteiger partial charge in [0.05, 0.1) is 18.2 Å². The lowest BCUT2D eigenvalue weighted by Gasteiger charge is -2.10. The van der Waals surface area contributed by atoms with Crippen LogP contribution >= 0.6 is 0 Å². The Labute approximate surface area is 140 Å². The highest BCUT2D eigenvalue weighted by Crippen LogP contribution is 2.17. The topological polar surface area (TPSA) is 97.1 Å². The van der Waals surface area contributed by atoms with E-state index in [1.807, 2.05) is 6.07 Å². The summed E-state index contributed by atoms with van der Waals surface area (Å²) in [6.07, 6.45) is 1.30. The Hall–Kier alpha value is -3.35. The van der Waals surface area contributed by atoms with Gasteiger partial charge in [0.25, 0.3) is 5.91 Å². The van der Waals surface area contributed by atoms with Gasteiger partial charge in [-0.1, -0.05) is 0 Å². The van der Waals surface area contributed by atoms with E-state index in [1.165, 1.54) is 19.4 Å². The van der Waals surface area contributed by atoms with Gasteiger partial charge in [-0.15, -0.1) is 0 Å². The van der Waals surface area contributed by atoms with Gasteiger partial charge in [0.2, 0.25) is 17.7 Å². The summed E-state index contributed by atoms with van der Waals surface area (Å²) in [7, 11) is 1.37. The van der Waals surface area contributed by atoms with Crippen LogP contribution in [0, 0.1) is 17.3 Å². The molecule has 0 bridgehead atoms. The van der Waals surface area contributed by atoms with Crippen molar-refractivity contribution in [3.63, 3.8) is 0 Å². The molecule has 0 saturated carbocycles. The van der Waals surface area contributed by atoms with E-state index >= 15 is 0 Å². The molecule has 2 rings (SSSR count). The smallest absolute Gasteiger partial charge is 0.388 e. The number of carbonyl (C=O) groups is 1. The number of hydrogen-bond acceptors (Lipinski definition) is 6. The molecule has 0 fully saturated rings. The lowest BCUT2D eigenvalue weighted by atomic mass is 10.2. The zero-order valence-electron chi connectivity index (χ0n) is 12.8. The lowest BCUT2D eigenvalue weighted by Crippen LogP contribution is -2.24. The molecule has 0 aliphatic heterocycles. The van der Waals surface area contributed by atoms with Crippen molar-refractivity contribution in [2.45, 2.75) is 13.2 Å². The quantitative estimate of drug-likeness (QED) is 0.799. The minimum absolute atomic E-state index is 0.0980. The molecule has 10 heteroatoms. The zero-order valence-corrected chi connectivity index (χ0v) is 12.8. The highest BCUT2D eigenvalue weighted by molar-refractivity contribution is 5.94. The van der Waals surface area contributed by atoms with Gasteiger partial charge >= 0.3 is 6.61 Å². The summed E-state index contributed by atoms with van der Waals surface area (Å²) in [4.78, 5) is 19.1. The molecule has 0 aromatic carbocycles. The van der Waals surface area contributed by atoms with Gasteiger partial charge in [0.1, 0.15) is 6.07 Å². The molecule has 2 heterocycles. The number of nitrogens with one attached hydrogen (secondary N) is 1. The van der Waals surface area contributed by atoms with Crippen molar-refractivity contribution in [2.24, 2.45) is 0 Å². The zero-order chi connectivity index (χ0) is 18.4. The van der Waals surface area contributed by atoms with E-state index in [9.17, 15) is 18.0 Å². The van der Waals surface area contributed by atoms with Crippen LogP contribution in [0.15, 0.2) is 24.4 Å². The fraction of sp³-hybridized carbons (Fsp3) is 0.200. The maximum atomic E-state index is 13.8. The summed E-state index contributed by atoms with van der Waals surface area (Å²) in [6.45, 7) is -3.25. The summed E-state index contributed by atoms with van der Waals surface area (Å²) in [5, 5.41) is 11.3. The largest absolute Gasteiger partial charge is 0.481 e. The molecule has 0 unspecified atom stereocenters. The molecule has 0 saturated heterocycles. The van der Waals surface area contributed by atoms with Gasteiger partial charge < -0.3 is 14.8 Å². The number of nitriles is 1. The van der Waals surface area contributed by atoms with Gasteiger partial charge in [-0.05, 0) is 12.1 Å². The predicted octanol–water partition coefficient (Wildman–Crippen LogP) is 2.03. The molecular formula is C15H11F3N4O3. The number of halogens is 3. The average Bonchev–Trinajstić information content (AvgIpc) is 2.58. The molecule has 1 N–H and O–H groups in total. The molecule has 130 valence electrons. The summed E-state index contributed by atoms with van der Waals surface area (Å²) < 4.78 is 46.8. The molecule has 0 aliphatic carbocycles. The van der Waals surface area contributed by atoms with Crippen LogP contribution in [0.5, 0.6) is 11.8 Å². The van der Waals surface area contributed by atoms with Crippen LogP contribution in [0.3, 0.4) is 0 Å². The molecular weight excluding hydrogens is 341 g/mol. The Bertz CT molecular complexity index is 824. The molecule has 0 radical (unpaired) electrons. The number of amides is 1. The number of aromatic nitrogens is 2.